The number of ketones is 1. The van der Waals surface area contributed by atoms with Gasteiger partial charge in [-0.25, -0.2) is 0 Å². The van der Waals surface area contributed by atoms with Gasteiger partial charge in [-0.3, -0.25) is 4.79 Å². The topological polar surface area (TPSA) is 17.1 Å². The van der Waals surface area contributed by atoms with E-state index in [-0.39, 0.29) is 5.78 Å². The molecule has 1 aliphatic rings. The van der Waals surface area contributed by atoms with E-state index in [1.54, 1.807) is 6.92 Å². The largest absolute Gasteiger partial charge is 0.295 e. The van der Waals surface area contributed by atoms with E-state index >= 15 is 0 Å². The molecule has 0 radical (unpaired) electrons. The fraction of sp³-hybridized carbons (Fsp3) is 0.364. The number of Topliss-reactive ketones (excluding diaryl/α,β-unsaturated/α-hetero) is 1. The van der Waals surface area contributed by atoms with E-state index < -0.39 is 0 Å². The number of carbonyl (C=O) groups excluding carboxylic acids is 1. The van der Waals surface area contributed by atoms with Crippen LogP contribution in [0.15, 0.2) is 35.5 Å². The van der Waals surface area contributed by atoms with Crippen LogP contribution < -0.4 is 0 Å². The van der Waals surface area contributed by atoms with Crippen molar-refractivity contribution in [1.29, 1.82) is 0 Å². The van der Waals surface area contributed by atoms with E-state index in [0.29, 0.717) is 0 Å². The second kappa shape index (κ2) is 4.05. The van der Waals surface area contributed by atoms with Crippen LogP contribution >= 0.6 is 0 Å². The van der Waals surface area contributed by atoms with Crippen molar-refractivity contribution < 1.29 is 4.79 Å². The van der Waals surface area contributed by atoms with Crippen LogP contribution in [0.4, 0.5) is 0 Å². The lowest BCUT2D eigenvalue weighted by Crippen LogP contribution is -1.97. The molecule has 0 N–H and O–H groups in total. The monoisotopic (exact) mass is 162 g/mol. The molecule has 0 amide bonds. The molecule has 0 aromatic rings. The lowest BCUT2D eigenvalue weighted by Gasteiger charge is -2.04. The Morgan fingerprint density at radius 2 is 1.92 bits per heavy atom. The maximum atomic E-state index is 11.0. The Balaban J connectivity index is 2.77. The van der Waals surface area contributed by atoms with Crippen molar-refractivity contribution in [3.63, 3.8) is 0 Å². The molecule has 1 rings (SSSR count). The van der Waals surface area contributed by atoms with Crippen LogP contribution in [0.25, 0.3) is 0 Å². The molecule has 0 fully saturated rings. The van der Waals surface area contributed by atoms with Crippen LogP contribution in [0, 0.1) is 0 Å². The van der Waals surface area contributed by atoms with Crippen molar-refractivity contribution >= 4 is 5.78 Å². The number of rotatable bonds is 1. The quantitative estimate of drug-likeness (QED) is 0.579. The second-order valence-electron chi connectivity index (χ2n) is 3.15. The van der Waals surface area contributed by atoms with Gasteiger partial charge in [0.15, 0.2) is 5.78 Å². The highest BCUT2D eigenvalue weighted by atomic mass is 16.1. The van der Waals surface area contributed by atoms with E-state index in [1.165, 1.54) is 5.57 Å². The Kier molecular flexibility index (Phi) is 3.03. The van der Waals surface area contributed by atoms with Gasteiger partial charge in [-0.05, 0) is 32.3 Å². The Hall–Kier alpha value is -1.11. The molecule has 0 unspecified atom stereocenters. The summed E-state index contributed by atoms with van der Waals surface area (Å²) in [5, 5.41) is 0. The number of carbonyl (C=O) groups is 1. The predicted molar refractivity (Wildman–Crippen MR) is 50.9 cm³/mol. The van der Waals surface area contributed by atoms with Gasteiger partial charge < -0.3 is 0 Å². The first-order valence-electron chi connectivity index (χ1n) is 4.24. The zero-order valence-corrected chi connectivity index (χ0v) is 7.63. The van der Waals surface area contributed by atoms with Crippen LogP contribution in [0.5, 0.6) is 0 Å². The van der Waals surface area contributed by atoms with Crippen LogP contribution in [-0.4, -0.2) is 5.78 Å². The lowest BCUT2D eigenvalue weighted by atomic mass is 10.0. The number of hydrogen-bond acceptors (Lipinski definition) is 1. The molecule has 1 aliphatic carbocycles. The Morgan fingerprint density at radius 1 is 1.25 bits per heavy atom. The van der Waals surface area contributed by atoms with Gasteiger partial charge in [0.05, 0.1) is 0 Å². The average Bonchev–Trinajstić information content (AvgIpc) is 1.97. The fourth-order valence-electron chi connectivity index (χ4n) is 1.18. The van der Waals surface area contributed by atoms with Gasteiger partial charge in [0.1, 0.15) is 0 Å². The van der Waals surface area contributed by atoms with Gasteiger partial charge in [-0.1, -0.05) is 29.9 Å². The Bertz CT molecular complexity index is 267. The molecule has 0 aromatic heterocycles. The molecule has 0 atom stereocenters. The van der Waals surface area contributed by atoms with Crippen LogP contribution in [0.3, 0.4) is 0 Å². The van der Waals surface area contributed by atoms with Gasteiger partial charge in [0.25, 0.3) is 0 Å². The molecule has 0 spiro atoms. The molecule has 0 aromatic carbocycles. The molecule has 1 heteroatoms. The fourth-order valence-corrected chi connectivity index (χ4v) is 1.18. The first-order valence-corrected chi connectivity index (χ1v) is 4.24. The predicted octanol–water partition coefficient (Wildman–Crippen LogP) is 2.80. The third-order valence-electron chi connectivity index (χ3n) is 2.03. The summed E-state index contributed by atoms with van der Waals surface area (Å²) in [5.74, 6) is 0.189. The third-order valence-corrected chi connectivity index (χ3v) is 2.03. The van der Waals surface area contributed by atoms with Crippen molar-refractivity contribution in [3.05, 3.63) is 35.5 Å². The summed E-state index contributed by atoms with van der Waals surface area (Å²) >= 11 is 0. The molecule has 1 nitrogen and oxygen atoms in total. The first-order chi connectivity index (χ1) is 5.70. The van der Waals surface area contributed by atoms with Crippen molar-refractivity contribution in [2.45, 2.75) is 26.7 Å². The maximum Gasteiger partial charge on any atom is 0.155 e. The van der Waals surface area contributed by atoms with Crippen molar-refractivity contribution in [2.75, 3.05) is 0 Å². The summed E-state index contributed by atoms with van der Waals surface area (Å²) in [5.41, 5.74) is 2.26. The summed E-state index contributed by atoms with van der Waals surface area (Å²) in [6.45, 7) is 3.72. The molecular weight excluding hydrogens is 148 g/mol. The molecular formula is C11H14O. The first kappa shape index (κ1) is 8.98. The maximum absolute atomic E-state index is 11.0. The van der Waals surface area contributed by atoms with Crippen molar-refractivity contribution in [3.8, 4) is 0 Å². The standard InChI is InChI=1S/C11H14O/c1-9-5-3-4-6-11(8-7-9)10(2)12/h3-6H,7-8H2,1-2H3. The summed E-state index contributed by atoms with van der Waals surface area (Å²) in [4.78, 5) is 11.0. The zero-order valence-electron chi connectivity index (χ0n) is 7.63. The van der Waals surface area contributed by atoms with Gasteiger partial charge in [0.2, 0.25) is 0 Å². The smallest absolute Gasteiger partial charge is 0.155 e. The zero-order chi connectivity index (χ0) is 8.97. The minimum absolute atomic E-state index is 0.189. The van der Waals surface area contributed by atoms with Crippen LogP contribution in [-0.2, 0) is 4.79 Å². The molecule has 0 heterocycles. The second-order valence-corrected chi connectivity index (χ2v) is 3.15. The van der Waals surface area contributed by atoms with Crippen molar-refractivity contribution in [2.24, 2.45) is 0 Å². The summed E-state index contributed by atoms with van der Waals surface area (Å²) in [6, 6.07) is 0. The number of allylic oxidation sites excluding steroid dienone is 6. The van der Waals surface area contributed by atoms with Crippen LogP contribution in [0.2, 0.25) is 0 Å². The normalized spacial score (nSPS) is 17.5. The molecule has 0 saturated carbocycles. The highest BCUT2D eigenvalue weighted by molar-refractivity contribution is 5.93. The van der Waals surface area contributed by atoms with E-state index in [0.717, 1.165) is 18.4 Å². The highest BCUT2D eigenvalue weighted by Gasteiger charge is 2.03. The minimum Gasteiger partial charge on any atom is -0.295 e. The average molecular weight is 162 g/mol. The van der Waals surface area contributed by atoms with Gasteiger partial charge >= 0.3 is 0 Å². The van der Waals surface area contributed by atoms with Gasteiger partial charge in [-0.15, -0.1) is 0 Å². The molecule has 0 bridgehead atoms. The Labute approximate surface area is 73.5 Å². The molecule has 0 aliphatic heterocycles. The third kappa shape index (κ3) is 2.50. The molecule has 64 valence electrons. The minimum atomic E-state index is 0.189. The summed E-state index contributed by atoms with van der Waals surface area (Å²) in [7, 11) is 0. The number of hydrogen-bond donors (Lipinski definition) is 0. The van der Waals surface area contributed by atoms with E-state index in [4.69, 9.17) is 0 Å². The van der Waals surface area contributed by atoms with E-state index in [1.807, 2.05) is 18.2 Å². The van der Waals surface area contributed by atoms with Gasteiger partial charge in [0, 0.05) is 0 Å². The van der Waals surface area contributed by atoms with Crippen molar-refractivity contribution in [1.82, 2.24) is 0 Å². The summed E-state index contributed by atoms with van der Waals surface area (Å²) < 4.78 is 0. The molecule has 12 heavy (non-hydrogen) atoms. The van der Waals surface area contributed by atoms with E-state index in [2.05, 4.69) is 13.0 Å². The SMILES string of the molecule is CC(=O)C1=CC=CC=C(C)CC1. The Morgan fingerprint density at radius 3 is 2.58 bits per heavy atom. The van der Waals surface area contributed by atoms with Gasteiger partial charge in [-0.2, -0.15) is 0 Å². The lowest BCUT2D eigenvalue weighted by molar-refractivity contribution is -0.113. The summed E-state index contributed by atoms with van der Waals surface area (Å²) in [6.07, 6.45) is 9.78. The molecule has 0 saturated heterocycles. The van der Waals surface area contributed by atoms with E-state index in [9.17, 15) is 4.79 Å². The highest BCUT2D eigenvalue weighted by Crippen LogP contribution is 2.14. The van der Waals surface area contributed by atoms with Crippen LogP contribution in [0.1, 0.15) is 26.7 Å².